The van der Waals surface area contributed by atoms with Crippen LogP contribution in [0.4, 0.5) is 0 Å². The molecule has 136 valence electrons. The molecule has 1 saturated carbocycles. The quantitative estimate of drug-likeness (QED) is 0.711. The molecule has 4 nitrogen and oxygen atoms in total. The SMILES string of the molecule is CS(=O)(=O)c1ccc(C(CC2CCCC2)c2cc3cccnc3[nH]2)cc1. The first-order valence-corrected chi connectivity index (χ1v) is 11.1. The maximum absolute atomic E-state index is 11.8. The molecule has 1 N–H and O–H groups in total. The molecule has 1 atom stereocenters. The highest BCUT2D eigenvalue weighted by atomic mass is 32.2. The summed E-state index contributed by atoms with van der Waals surface area (Å²) in [5.41, 5.74) is 3.24. The average Bonchev–Trinajstić information content (AvgIpc) is 3.28. The zero-order chi connectivity index (χ0) is 18.1. The van der Waals surface area contributed by atoms with Crippen LogP contribution in [0.15, 0.2) is 53.6 Å². The number of nitrogens with one attached hydrogen (secondary N) is 1. The third kappa shape index (κ3) is 3.54. The molecule has 26 heavy (non-hydrogen) atoms. The van der Waals surface area contributed by atoms with E-state index in [2.05, 4.69) is 22.1 Å². The summed E-state index contributed by atoms with van der Waals surface area (Å²) in [7, 11) is -3.17. The van der Waals surface area contributed by atoms with Gasteiger partial charge in [-0.05, 0) is 48.2 Å². The van der Waals surface area contributed by atoms with Gasteiger partial charge in [0, 0.05) is 29.5 Å². The lowest BCUT2D eigenvalue weighted by atomic mass is 9.86. The summed E-state index contributed by atoms with van der Waals surface area (Å²) in [6, 6.07) is 13.6. The standard InChI is InChI=1S/C21H24N2O2S/c1-26(24,25)18-10-8-16(9-11-18)19(13-15-5-2-3-6-15)20-14-17-7-4-12-22-21(17)23-20/h4,7-12,14-15,19H,2-3,5-6,13H2,1H3,(H,22,23). The smallest absolute Gasteiger partial charge is 0.175 e. The molecule has 3 aromatic rings. The van der Waals surface area contributed by atoms with Crippen molar-refractivity contribution in [3.8, 4) is 0 Å². The van der Waals surface area contributed by atoms with Crippen molar-refractivity contribution in [2.75, 3.05) is 6.26 Å². The van der Waals surface area contributed by atoms with E-state index in [1.54, 1.807) is 18.3 Å². The minimum Gasteiger partial charge on any atom is -0.343 e. The molecule has 0 aliphatic heterocycles. The van der Waals surface area contributed by atoms with Gasteiger partial charge in [-0.1, -0.05) is 37.8 Å². The number of aromatic amines is 1. The first-order valence-electron chi connectivity index (χ1n) is 9.24. The maximum atomic E-state index is 11.8. The highest BCUT2D eigenvalue weighted by Gasteiger charge is 2.24. The van der Waals surface area contributed by atoms with Gasteiger partial charge in [0.05, 0.1) is 4.90 Å². The molecule has 0 bridgehead atoms. The van der Waals surface area contributed by atoms with Crippen LogP contribution in [0.1, 0.15) is 49.3 Å². The zero-order valence-corrected chi connectivity index (χ0v) is 15.8. The lowest BCUT2D eigenvalue weighted by Crippen LogP contribution is -2.08. The summed E-state index contributed by atoms with van der Waals surface area (Å²) in [4.78, 5) is 8.28. The number of hydrogen-bond acceptors (Lipinski definition) is 3. The van der Waals surface area contributed by atoms with Crippen molar-refractivity contribution in [2.24, 2.45) is 5.92 Å². The van der Waals surface area contributed by atoms with Crippen LogP contribution in [0.25, 0.3) is 11.0 Å². The largest absolute Gasteiger partial charge is 0.343 e. The fourth-order valence-electron chi connectivity index (χ4n) is 4.14. The van der Waals surface area contributed by atoms with E-state index in [0.29, 0.717) is 4.90 Å². The number of sulfone groups is 1. The number of pyridine rings is 1. The fraction of sp³-hybridized carbons (Fsp3) is 0.381. The molecular formula is C21H24N2O2S. The van der Waals surface area contributed by atoms with E-state index in [-0.39, 0.29) is 5.92 Å². The van der Waals surface area contributed by atoms with E-state index < -0.39 is 9.84 Å². The second-order valence-electron chi connectivity index (χ2n) is 7.45. The summed E-state index contributed by atoms with van der Waals surface area (Å²) in [6.45, 7) is 0. The van der Waals surface area contributed by atoms with E-state index in [1.807, 2.05) is 18.2 Å². The number of benzene rings is 1. The minimum atomic E-state index is -3.17. The number of nitrogens with zero attached hydrogens (tertiary/aromatic N) is 1. The Bertz CT molecular complexity index is 967. The van der Waals surface area contributed by atoms with Crippen LogP contribution < -0.4 is 0 Å². The van der Waals surface area contributed by atoms with Crippen molar-refractivity contribution >= 4 is 20.9 Å². The van der Waals surface area contributed by atoms with E-state index in [9.17, 15) is 8.42 Å². The van der Waals surface area contributed by atoms with Gasteiger partial charge in [-0.2, -0.15) is 0 Å². The number of H-pyrrole nitrogens is 1. The highest BCUT2D eigenvalue weighted by Crippen LogP contribution is 2.38. The molecule has 0 radical (unpaired) electrons. The fourth-order valence-corrected chi connectivity index (χ4v) is 4.77. The van der Waals surface area contributed by atoms with E-state index >= 15 is 0 Å². The molecule has 1 fully saturated rings. The molecule has 0 saturated heterocycles. The van der Waals surface area contributed by atoms with Crippen LogP contribution in [-0.4, -0.2) is 24.6 Å². The van der Waals surface area contributed by atoms with Crippen molar-refractivity contribution in [1.82, 2.24) is 9.97 Å². The van der Waals surface area contributed by atoms with E-state index in [0.717, 1.165) is 34.6 Å². The number of aromatic nitrogens is 2. The summed E-state index contributed by atoms with van der Waals surface area (Å²) < 4.78 is 23.5. The molecule has 1 unspecified atom stereocenters. The van der Waals surface area contributed by atoms with Gasteiger partial charge in [0.25, 0.3) is 0 Å². The Morgan fingerprint density at radius 3 is 2.54 bits per heavy atom. The lowest BCUT2D eigenvalue weighted by Gasteiger charge is -2.20. The average molecular weight is 369 g/mol. The summed E-state index contributed by atoms with van der Waals surface area (Å²) in [6.07, 6.45) is 9.35. The van der Waals surface area contributed by atoms with Gasteiger partial charge in [0.15, 0.2) is 9.84 Å². The van der Waals surface area contributed by atoms with Crippen molar-refractivity contribution in [2.45, 2.75) is 42.9 Å². The first-order chi connectivity index (χ1) is 12.5. The van der Waals surface area contributed by atoms with Crippen molar-refractivity contribution < 1.29 is 8.42 Å². The van der Waals surface area contributed by atoms with Crippen LogP contribution in [-0.2, 0) is 9.84 Å². The molecular weight excluding hydrogens is 344 g/mol. The summed E-state index contributed by atoms with van der Waals surface area (Å²) in [5, 5.41) is 1.12. The topological polar surface area (TPSA) is 62.8 Å². The van der Waals surface area contributed by atoms with E-state index in [1.165, 1.54) is 31.9 Å². The molecule has 0 spiro atoms. The van der Waals surface area contributed by atoms with Gasteiger partial charge in [-0.15, -0.1) is 0 Å². The normalized spacial score (nSPS) is 17.0. The van der Waals surface area contributed by atoms with E-state index in [4.69, 9.17) is 0 Å². The maximum Gasteiger partial charge on any atom is 0.175 e. The summed E-state index contributed by atoms with van der Waals surface area (Å²) >= 11 is 0. The van der Waals surface area contributed by atoms with Gasteiger partial charge in [0.1, 0.15) is 5.65 Å². The Morgan fingerprint density at radius 1 is 1.15 bits per heavy atom. The first kappa shape index (κ1) is 17.3. The second-order valence-corrected chi connectivity index (χ2v) is 9.46. The van der Waals surface area contributed by atoms with Crippen LogP contribution in [0.3, 0.4) is 0 Å². The molecule has 1 aliphatic carbocycles. The minimum absolute atomic E-state index is 0.237. The Balaban J connectivity index is 1.72. The zero-order valence-electron chi connectivity index (χ0n) is 15.0. The molecule has 4 rings (SSSR count). The second kappa shape index (κ2) is 6.88. The van der Waals surface area contributed by atoms with Crippen molar-refractivity contribution in [3.63, 3.8) is 0 Å². The van der Waals surface area contributed by atoms with Crippen molar-refractivity contribution in [1.29, 1.82) is 0 Å². The third-order valence-corrected chi connectivity index (χ3v) is 6.67. The predicted octanol–water partition coefficient (Wildman–Crippen LogP) is 4.68. The molecule has 2 heterocycles. The van der Waals surface area contributed by atoms with Gasteiger partial charge >= 0.3 is 0 Å². The van der Waals surface area contributed by atoms with Crippen LogP contribution in [0.5, 0.6) is 0 Å². The van der Waals surface area contributed by atoms with Gasteiger partial charge in [-0.25, -0.2) is 13.4 Å². The molecule has 1 aliphatic rings. The third-order valence-electron chi connectivity index (χ3n) is 5.54. The Hall–Kier alpha value is -2.14. The molecule has 1 aromatic carbocycles. The molecule has 2 aromatic heterocycles. The number of rotatable bonds is 5. The summed E-state index contributed by atoms with van der Waals surface area (Å²) in [5.74, 6) is 0.967. The Morgan fingerprint density at radius 2 is 1.88 bits per heavy atom. The number of fused-ring (bicyclic) bond motifs is 1. The Kier molecular flexibility index (Phi) is 4.57. The van der Waals surface area contributed by atoms with Gasteiger partial charge in [0.2, 0.25) is 0 Å². The van der Waals surface area contributed by atoms with Crippen LogP contribution in [0, 0.1) is 5.92 Å². The highest BCUT2D eigenvalue weighted by molar-refractivity contribution is 7.90. The van der Waals surface area contributed by atoms with Gasteiger partial charge in [-0.3, -0.25) is 0 Å². The monoisotopic (exact) mass is 368 g/mol. The van der Waals surface area contributed by atoms with Crippen LogP contribution in [0.2, 0.25) is 0 Å². The van der Waals surface area contributed by atoms with Crippen molar-refractivity contribution in [3.05, 3.63) is 59.9 Å². The lowest BCUT2D eigenvalue weighted by molar-refractivity contribution is 0.469. The Labute approximate surface area is 154 Å². The predicted molar refractivity (Wildman–Crippen MR) is 104 cm³/mol. The molecule has 0 amide bonds. The number of hydrogen-bond donors (Lipinski definition) is 1. The van der Waals surface area contributed by atoms with Crippen LogP contribution >= 0.6 is 0 Å². The molecule has 5 heteroatoms. The van der Waals surface area contributed by atoms with Gasteiger partial charge < -0.3 is 4.98 Å².